The van der Waals surface area contributed by atoms with Gasteiger partial charge >= 0.3 is 5.97 Å². The zero-order valence-corrected chi connectivity index (χ0v) is 17.6. The van der Waals surface area contributed by atoms with E-state index < -0.39 is 27.9 Å². The van der Waals surface area contributed by atoms with Crippen LogP contribution in [0.4, 0.5) is 11.4 Å². The van der Waals surface area contributed by atoms with Crippen molar-refractivity contribution in [3.05, 3.63) is 59.7 Å². The highest BCUT2D eigenvalue weighted by Crippen LogP contribution is 2.24. The second-order valence-electron chi connectivity index (χ2n) is 7.04. The predicted octanol–water partition coefficient (Wildman–Crippen LogP) is 2.14. The van der Waals surface area contributed by atoms with Gasteiger partial charge in [-0.1, -0.05) is 6.07 Å². The van der Waals surface area contributed by atoms with E-state index in [0.717, 1.165) is 11.2 Å². The van der Waals surface area contributed by atoms with E-state index in [4.69, 9.17) is 4.74 Å². The summed E-state index contributed by atoms with van der Waals surface area (Å²) in [7, 11) is -3.44. The smallest absolute Gasteiger partial charge is 0.338 e. The fourth-order valence-corrected chi connectivity index (χ4v) is 3.63. The molecule has 0 saturated carbocycles. The second kappa shape index (κ2) is 8.68. The number of sulfonamides is 1. The molecule has 1 saturated heterocycles. The maximum absolute atomic E-state index is 12.6. The van der Waals surface area contributed by atoms with Crippen LogP contribution < -0.4 is 9.62 Å². The Balaban J connectivity index is 1.69. The summed E-state index contributed by atoms with van der Waals surface area (Å²) in [4.78, 5) is 49.9. The van der Waals surface area contributed by atoms with Crippen molar-refractivity contribution in [1.29, 1.82) is 0 Å². The molecule has 2 aromatic carbocycles. The van der Waals surface area contributed by atoms with Crippen molar-refractivity contribution >= 4 is 45.0 Å². The molecule has 0 spiro atoms. The van der Waals surface area contributed by atoms with Crippen LogP contribution in [-0.2, 0) is 24.3 Å². The minimum Gasteiger partial charge on any atom is -0.451 e. The molecule has 1 atom stereocenters. The van der Waals surface area contributed by atoms with Gasteiger partial charge in [0.25, 0.3) is 0 Å². The van der Waals surface area contributed by atoms with Gasteiger partial charge in [0.1, 0.15) is 0 Å². The molecule has 1 aliphatic rings. The van der Waals surface area contributed by atoms with Gasteiger partial charge in [-0.3, -0.25) is 24.0 Å². The summed E-state index contributed by atoms with van der Waals surface area (Å²) < 4.78 is 30.0. The third-order valence-electron chi connectivity index (χ3n) is 4.52. The molecule has 1 fully saturated rings. The van der Waals surface area contributed by atoms with E-state index in [1.165, 1.54) is 49.4 Å². The highest BCUT2D eigenvalue weighted by atomic mass is 32.2. The van der Waals surface area contributed by atoms with Gasteiger partial charge in [-0.2, -0.15) is 0 Å². The predicted molar refractivity (Wildman–Crippen MR) is 112 cm³/mol. The molecule has 162 valence electrons. The number of anilines is 2. The number of Topliss-reactive ketones (excluding diaryl/α,β-unsaturated/α-hetero) is 1. The first-order valence-electron chi connectivity index (χ1n) is 9.34. The molecule has 2 amide bonds. The average molecular weight is 444 g/mol. The maximum Gasteiger partial charge on any atom is 0.338 e. The lowest BCUT2D eigenvalue weighted by molar-refractivity contribution is -0.121. The van der Waals surface area contributed by atoms with Gasteiger partial charge in [-0.25, -0.2) is 13.2 Å². The Morgan fingerprint density at radius 3 is 2.19 bits per heavy atom. The second-order valence-corrected chi connectivity index (χ2v) is 8.79. The fourth-order valence-electron chi connectivity index (χ4n) is 3.07. The van der Waals surface area contributed by atoms with E-state index in [9.17, 15) is 27.6 Å². The number of hydrogen-bond donors (Lipinski definition) is 1. The van der Waals surface area contributed by atoms with Crippen molar-refractivity contribution in [2.45, 2.75) is 25.9 Å². The number of carbonyl (C=O) groups excluding carboxylic acids is 4. The number of rotatable bonds is 7. The van der Waals surface area contributed by atoms with Gasteiger partial charge < -0.3 is 4.74 Å². The molecule has 0 bridgehead atoms. The normalized spacial score (nSPS) is 15.0. The fraction of sp³-hybridized carbons (Fsp3) is 0.238. The number of nitrogens with zero attached hydrogens (tertiary/aromatic N) is 1. The van der Waals surface area contributed by atoms with Crippen LogP contribution in [0.15, 0.2) is 48.5 Å². The summed E-state index contributed by atoms with van der Waals surface area (Å²) in [5.41, 5.74) is 0.903. The lowest BCUT2D eigenvalue weighted by Gasteiger charge is -2.16. The summed E-state index contributed by atoms with van der Waals surface area (Å²) in [5, 5.41) is 0. The van der Waals surface area contributed by atoms with Gasteiger partial charge in [0.15, 0.2) is 6.10 Å². The Labute approximate surface area is 179 Å². The van der Waals surface area contributed by atoms with Crippen molar-refractivity contribution in [3.8, 4) is 0 Å². The van der Waals surface area contributed by atoms with Gasteiger partial charge in [0, 0.05) is 24.1 Å². The number of carbonyl (C=O) groups is 4. The molecule has 1 unspecified atom stereocenters. The minimum atomic E-state index is -3.44. The molecule has 1 N–H and O–H groups in total. The molecule has 3 rings (SSSR count). The Hall–Kier alpha value is -3.53. The van der Waals surface area contributed by atoms with E-state index in [-0.39, 0.29) is 41.5 Å². The third kappa shape index (κ3) is 5.34. The molecule has 9 nitrogen and oxygen atoms in total. The van der Waals surface area contributed by atoms with E-state index >= 15 is 0 Å². The van der Waals surface area contributed by atoms with Crippen LogP contribution in [0.25, 0.3) is 0 Å². The average Bonchev–Trinajstić information content (AvgIpc) is 3.05. The SMILES string of the molecule is CC(OC(=O)c1cccc(N2C(=O)CCC2=O)c1)C(=O)c1ccc(NS(C)(=O)=O)cc1. The Morgan fingerprint density at radius 2 is 1.61 bits per heavy atom. The lowest BCUT2D eigenvalue weighted by Crippen LogP contribution is -2.29. The zero-order chi connectivity index (χ0) is 22.8. The Bertz CT molecular complexity index is 1140. The number of imide groups is 1. The first-order chi connectivity index (χ1) is 14.5. The van der Waals surface area contributed by atoms with E-state index in [0.29, 0.717) is 5.69 Å². The molecule has 0 aromatic heterocycles. The van der Waals surface area contributed by atoms with Crippen molar-refractivity contribution in [2.24, 2.45) is 0 Å². The summed E-state index contributed by atoms with van der Waals surface area (Å²) >= 11 is 0. The summed E-state index contributed by atoms with van der Waals surface area (Å²) in [6, 6.07) is 11.6. The largest absolute Gasteiger partial charge is 0.451 e. The number of ketones is 1. The molecule has 10 heteroatoms. The van der Waals surface area contributed by atoms with Crippen LogP contribution in [0.2, 0.25) is 0 Å². The lowest BCUT2D eigenvalue weighted by atomic mass is 10.1. The zero-order valence-electron chi connectivity index (χ0n) is 16.8. The Morgan fingerprint density at radius 1 is 1.00 bits per heavy atom. The highest BCUT2D eigenvalue weighted by molar-refractivity contribution is 7.92. The van der Waals surface area contributed by atoms with Crippen LogP contribution in [0, 0.1) is 0 Å². The quantitative estimate of drug-likeness (QED) is 0.394. The van der Waals surface area contributed by atoms with E-state index in [1.807, 2.05) is 0 Å². The van der Waals surface area contributed by atoms with Gasteiger partial charge in [0.05, 0.1) is 17.5 Å². The molecule has 31 heavy (non-hydrogen) atoms. The minimum absolute atomic E-state index is 0.0948. The molecule has 1 aliphatic heterocycles. The van der Waals surface area contributed by atoms with Crippen molar-refractivity contribution in [2.75, 3.05) is 15.9 Å². The first kappa shape index (κ1) is 22.2. The topological polar surface area (TPSA) is 127 Å². The molecule has 0 radical (unpaired) electrons. The molecule has 0 aliphatic carbocycles. The van der Waals surface area contributed by atoms with Crippen LogP contribution in [0.1, 0.15) is 40.5 Å². The first-order valence-corrected chi connectivity index (χ1v) is 11.2. The van der Waals surface area contributed by atoms with Crippen LogP contribution in [-0.4, -0.2) is 44.3 Å². The van der Waals surface area contributed by atoms with Gasteiger partial charge in [-0.05, 0) is 49.4 Å². The summed E-state index contributed by atoms with van der Waals surface area (Å²) in [5.74, 6) is -1.93. The Kier molecular flexibility index (Phi) is 6.21. The van der Waals surface area contributed by atoms with E-state index in [1.54, 1.807) is 6.07 Å². The number of ether oxygens (including phenoxy) is 1. The summed E-state index contributed by atoms with van der Waals surface area (Å²) in [6.45, 7) is 1.42. The number of amides is 2. The molecule has 2 aromatic rings. The number of nitrogens with one attached hydrogen (secondary N) is 1. The van der Waals surface area contributed by atoms with Crippen LogP contribution in [0.3, 0.4) is 0 Å². The summed E-state index contributed by atoms with van der Waals surface area (Å²) in [6.07, 6.45) is 0.146. The van der Waals surface area contributed by atoms with E-state index in [2.05, 4.69) is 4.72 Å². The third-order valence-corrected chi connectivity index (χ3v) is 5.12. The number of benzene rings is 2. The van der Waals surface area contributed by atoms with Crippen molar-refractivity contribution in [1.82, 2.24) is 0 Å². The van der Waals surface area contributed by atoms with Gasteiger partial charge in [0.2, 0.25) is 27.6 Å². The van der Waals surface area contributed by atoms with Crippen molar-refractivity contribution in [3.63, 3.8) is 0 Å². The number of hydrogen-bond acceptors (Lipinski definition) is 7. The van der Waals surface area contributed by atoms with Crippen LogP contribution >= 0.6 is 0 Å². The highest BCUT2D eigenvalue weighted by Gasteiger charge is 2.31. The molecule has 1 heterocycles. The van der Waals surface area contributed by atoms with Gasteiger partial charge in [-0.15, -0.1) is 0 Å². The molecular formula is C21H20N2O7S. The maximum atomic E-state index is 12.6. The standard InChI is InChI=1S/C21H20N2O7S/c1-13(20(26)14-6-8-16(9-7-14)22-31(2,28)29)30-21(27)15-4-3-5-17(12-15)23-18(24)10-11-19(23)25/h3-9,12-13,22H,10-11H2,1-2H3. The van der Waals surface area contributed by atoms with Crippen LogP contribution in [0.5, 0.6) is 0 Å². The molecular weight excluding hydrogens is 424 g/mol. The monoisotopic (exact) mass is 444 g/mol. The number of esters is 1. The van der Waals surface area contributed by atoms with Crippen molar-refractivity contribution < 1.29 is 32.3 Å².